The number of likely N-dealkylation sites (tertiary alicyclic amines) is 1. The Morgan fingerprint density at radius 1 is 1.32 bits per heavy atom. The first kappa shape index (κ1) is 15.3. The minimum atomic E-state index is -0.439. The van der Waals surface area contributed by atoms with E-state index in [-0.39, 0.29) is 11.9 Å². The summed E-state index contributed by atoms with van der Waals surface area (Å²) >= 11 is 0. The summed E-state index contributed by atoms with van der Waals surface area (Å²) in [4.78, 5) is 16.8. The predicted molar refractivity (Wildman–Crippen MR) is 85.0 cm³/mol. The lowest BCUT2D eigenvalue weighted by molar-refractivity contribution is -0.158. The van der Waals surface area contributed by atoms with Gasteiger partial charge in [-0.05, 0) is 30.5 Å². The van der Waals surface area contributed by atoms with Crippen LogP contribution in [-0.2, 0) is 14.3 Å². The van der Waals surface area contributed by atoms with Crippen molar-refractivity contribution in [1.82, 2.24) is 4.90 Å². The fourth-order valence-electron chi connectivity index (χ4n) is 3.20. The summed E-state index contributed by atoms with van der Waals surface area (Å²) in [6.45, 7) is 2.26. The number of anilines is 1. The lowest BCUT2D eigenvalue weighted by Gasteiger charge is -2.31. The van der Waals surface area contributed by atoms with Crippen molar-refractivity contribution in [2.75, 3.05) is 45.4 Å². The van der Waals surface area contributed by atoms with Crippen LogP contribution in [0.1, 0.15) is 24.4 Å². The topological polar surface area (TPSA) is 42.0 Å². The second-order valence-electron chi connectivity index (χ2n) is 6.11. The van der Waals surface area contributed by atoms with Gasteiger partial charge in [0.15, 0.2) is 6.10 Å². The van der Waals surface area contributed by atoms with Crippen molar-refractivity contribution in [3.05, 3.63) is 29.8 Å². The Bertz CT molecular complexity index is 526. The molecule has 3 rings (SSSR count). The monoisotopic (exact) mass is 304 g/mol. The van der Waals surface area contributed by atoms with Gasteiger partial charge < -0.3 is 19.3 Å². The first-order chi connectivity index (χ1) is 10.7. The minimum Gasteiger partial charge on any atom is -0.378 e. The molecule has 2 saturated heterocycles. The average Bonchev–Trinajstić information content (AvgIpc) is 3.04. The van der Waals surface area contributed by atoms with Crippen molar-refractivity contribution < 1.29 is 14.3 Å². The van der Waals surface area contributed by atoms with Crippen LogP contribution in [0.4, 0.5) is 5.69 Å². The highest BCUT2D eigenvalue weighted by Gasteiger charge is 2.35. The summed E-state index contributed by atoms with van der Waals surface area (Å²) in [5.74, 6) is 0.0671. The normalized spacial score (nSPS) is 25.3. The molecule has 0 spiro atoms. The highest BCUT2D eigenvalue weighted by molar-refractivity contribution is 5.82. The Morgan fingerprint density at radius 2 is 2.18 bits per heavy atom. The molecular weight excluding hydrogens is 280 g/mol. The Labute approximate surface area is 131 Å². The van der Waals surface area contributed by atoms with Crippen molar-refractivity contribution >= 4 is 11.6 Å². The van der Waals surface area contributed by atoms with Gasteiger partial charge in [-0.3, -0.25) is 4.79 Å². The maximum atomic E-state index is 12.7. The van der Waals surface area contributed by atoms with E-state index >= 15 is 0 Å². The van der Waals surface area contributed by atoms with Gasteiger partial charge in [0, 0.05) is 26.3 Å². The molecule has 2 aliphatic rings. The quantitative estimate of drug-likeness (QED) is 0.854. The third-order valence-electron chi connectivity index (χ3n) is 4.40. The number of carbonyl (C=O) groups excluding carboxylic acids is 1. The van der Waals surface area contributed by atoms with E-state index in [1.807, 2.05) is 19.0 Å². The Kier molecular flexibility index (Phi) is 4.64. The summed E-state index contributed by atoms with van der Waals surface area (Å²) in [5.41, 5.74) is 2.36. The smallest absolute Gasteiger partial charge is 0.254 e. The van der Waals surface area contributed by atoms with Crippen molar-refractivity contribution in [3.8, 4) is 0 Å². The number of ether oxygens (including phenoxy) is 2. The summed E-state index contributed by atoms with van der Waals surface area (Å²) < 4.78 is 10.9. The van der Waals surface area contributed by atoms with Crippen LogP contribution in [-0.4, -0.2) is 57.4 Å². The van der Waals surface area contributed by atoms with Gasteiger partial charge in [-0.15, -0.1) is 0 Å². The molecule has 0 aliphatic carbocycles. The van der Waals surface area contributed by atoms with Crippen molar-refractivity contribution in [2.24, 2.45) is 0 Å². The van der Waals surface area contributed by atoms with Gasteiger partial charge in [-0.2, -0.15) is 0 Å². The van der Waals surface area contributed by atoms with Crippen LogP contribution < -0.4 is 4.90 Å². The van der Waals surface area contributed by atoms with Crippen LogP contribution in [0.2, 0.25) is 0 Å². The Hall–Kier alpha value is -1.59. The van der Waals surface area contributed by atoms with Gasteiger partial charge in [-0.1, -0.05) is 12.1 Å². The van der Waals surface area contributed by atoms with Crippen LogP contribution in [0.15, 0.2) is 24.3 Å². The van der Waals surface area contributed by atoms with E-state index in [0.29, 0.717) is 19.8 Å². The van der Waals surface area contributed by atoms with Crippen LogP contribution in [0.5, 0.6) is 0 Å². The van der Waals surface area contributed by atoms with E-state index in [1.54, 1.807) is 0 Å². The zero-order valence-electron chi connectivity index (χ0n) is 13.3. The first-order valence-corrected chi connectivity index (χ1v) is 7.94. The number of nitrogens with zero attached hydrogens (tertiary/aromatic N) is 2. The minimum absolute atomic E-state index is 0.0671. The molecule has 2 aliphatic heterocycles. The van der Waals surface area contributed by atoms with Gasteiger partial charge in [-0.25, -0.2) is 0 Å². The molecule has 0 radical (unpaired) electrons. The number of hydrogen-bond donors (Lipinski definition) is 0. The third-order valence-corrected chi connectivity index (χ3v) is 4.40. The van der Waals surface area contributed by atoms with Gasteiger partial charge >= 0.3 is 0 Å². The summed E-state index contributed by atoms with van der Waals surface area (Å²) in [7, 11) is 4.06. The Balaban J connectivity index is 1.77. The second kappa shape index (κ2) is 6.67. The zero-order chi connectivity index (χ0) is 15.5. The van der Waals surface area contributed by atoms with E-state index in [1.165, 1.54) is 5.56 Å². The van der Waals surface area contributed by atoms with Crippen molar-refractivity contribution in [1.29, 1.82) is 0 Å². The van der Waals surface area contributed by atoms with Crippen LogP contribution in [0.25, 0.3) is 0 Å². The average molecular weight is 304 g/mol. The molecular formula is C17H24N2O3. The molecule has 0 N–H and O–H groups in total. The van der Waals surface area contributed by atoms with Crippen molar-refractivity contribution in [3.63, 3.8) is 0 Å². The molecule has 2 fully saturated rings. The molecule has 2 atom stereocenters. The molecule has 2 heterocycles. The lowest BCUT2D eigenvalue weighted by atomic mass is 10.0. The van der Waals surface area contributed by atoms with Crippen LogP contribution >= 0.6 is 0 Å². The van der Waals surface area contributed by atoms with E-state index < -0.39 is 6.10 Å². The molecule has 0 bridgehead atoms. The SMILES string of the molecule is CN(C)c1cccc([C@@H]2CCCN2C(=O)[C@H]2COCCO2)c1. The molecule has 1 aromatic carbocycles. The van der Waals surface area contributed by atoms with Crippen molar-refractivity contribution in [2.45, 2.75) is 25.0 Å². The largest absolute Gasteiger partial charge is 0.378 e. The molecule has 1 amide bonds. The maximum Gasteiger partial charge on any atom is 0.254 e. The second-order valence-corrected chi connectivity index (χ2v) is 6.11. The maximum absolute atomic E-state index is 12.7. The zero-order valence-corrected chi connectivity index (χ0v) is 13.3. The fourth-order valence-corrected chi connectivity index (χ4v) is 3.20. The summed E-state index contributed by atoms with van der Waals surface area (Å²) in [6, 6.07) is 8.59. The molecule has 0 saturated carbocycles. The standard InChI is InChI=1S/C17H24N2O3/c1-18(2)14-6-3-5-13(11-14)15-7-4-8-19(15)17(20)16-12-21-9-10-22-16/h3,5-6,11,15-16H,4,7-10,12H2,1-2H3/t15-,16+/m0/s1. The highest BCUT2D eigenvalue weighted by Crippen LogP contribution is 2.34. The summed E-state index contributed by atoms with van der Waals surface area (Å²) in [5, 5.41) is 0. The molecule has 0 aromatic heterocycles. The fraction of sp³-hybridized carbons (Fsp3) is 0.588. The lowest BCUT2D eigenvalue weighted by Crippen LogP contribution is -2.45. The molecule has 5 heteroatoms. The molecule has 120 valence electrons. The number of benzene rings is 1. The number of amides is 1. The Morgan fingerprint density at radius 3 is 2.91 bits per heavy atom. The third kappa shape index (κ3) is 3.10. The van der Waals surface area contributed by atoms with Crippen LogP contribution in [0.3, 0.4) is 0 Å². The van der Waals surface area contributed by atoms with Gasteiger partial charge in [0.05, 0.1) is 25.9 Å². The summed E-state index contributed by atoms with van der Waals surface area (Å²) in [6.07, 6.45) is 1.61. The van der Waals surface area contributed by atoms with Gasteiger partial charge in [0.25, 0.3) is 5.91 Å². The van der Waals surface area contributed by atoms with Crippen LogP contribution in [0, 0.1) is 0 Å². The molecule has 5 nitrogen and oxygen atoms in total. The number of hydrogen-bond acceptors (Lipinski definition) is 4. The molecule has 1 aromatic rings. The number of carbonyl (C=O) groups is 1. The molecule has 0 unspecified atom stereocenters. The molecule has 22 heavy (non-hydrogen) atoms. The number of rotatable bonds is 3. The highest BCUT2D eigenvalue weighted by atomic mass is 16.6. The van der Waals surface area contributed by atoms with E-state index in [4.69, 9.17) is 9.47 Å². The van der Waals surface area contributed by atoms with Gasteiger partial charge in [0.2, 0.25) is 0 Å². The van der Waals surface area contributed by atoms with E-state index in [2.05, 4.69) is 29.2 Å². The first-order valence-electron chi connectivity index (χ1n) is 7.94. The van der Waals surface area contributed by atoms with E-state index in [0.717, 1.165) is 25.1 Å². The van der Waals surface area contributed by atoms with Gasteiger partial charge in [0.1, 0.15) is 0 Å². The van der Waals surface area contributed by atoms with E-state index in [9.17, 15) is 4.79 Å². The predicted octanol–water partition coefficient (Wildman–Crippen LogP) is 1.83.